The molecule has 3 aromatic rings. The number of aryl methyl sites for hydroxylation is 3. The SMILES string of the molecule is CCCCCc1c(C=CC(=O)N[C@H](C)CCCc2cccnc2)n(C)c2cc(OC)ccc12. The fourth-order valence-corrected chi connectivity index (χ4v) is 4.34. The van der Waals surface area contributed by atoms with E-state index in [4.69, 9.17) is 4.74 Å². The Labute approximate surface area is 197 Å². The molecule has 176 valence electrons. The van der Waals surface area contributed by atoms with Gasteiger partial charge in [0.1, 0.15) is 5.75 Å². The molecule has 1 amide bonds. The number of hydrogen-bond acceptors (Lipinski definition) is 3. The maximum atomic E-state index is 12.6. The van der Waals surface area contributed by atoms with Crippen molar-refractivity contribution < 1.29 is 9.53 Å². The Balaban J connectivity index is 1.67. The molecule has 0 saturated carbocycles. The van der Waals surface area contributed by atoms with Crippen molar-refractivity contribution in [1.29, 1.82) is 0 Å². The van der Waals surface area contributed by atoms with Gasteiger partial charge in [-0.1, -0.05) is 25.8 Å². The van der Waals surface area contributed by atoms with Crippen molar-refractivity contribution in [3.63, 3.8) is 0 Å². The first kappa shape index (κ1) is 24.6. The first-order valence-electron chi connectivity index (χ1n) is 12.1. The van der Waals surface area contributed by atoms with E-state index < -0.39 is 0 Å². The van der Waals surface area contributed by atoms with Gasteiger partial charge in [0, 0.05) is 48.7 Å². The Morgan fingerprint density at radius 2 is 2.06 bits per heavy atom. The number of hydrogen-bond donors (Lipinski definition) is 1. The van der Waals surface area contributed by atoms with Crippen LogP contribution in [0.15, 0.2) is 48.8 Å². The summed E-state index contributed by atoms with van der Waals surface area (Å²) >= 11 is 0. The number of amides is 1. The minimum Gasteiger partial charge on any atom is -0.497 e. The molecular weight excluding hydrogens is 410 g/mol. The smallest absolute Gasteiger partial charge is 0.244 e. The van der Waals surface area contributed by atoms with E-state index in [2.05, 4.69) is 54.0 Å². The van der Waals surface area contributed by atoms with Crippen molar-refractivity contribution in [2.45, 2.75) is 64.8 Å². The predicted octanol–water partition coefficient (Wildman–Crippen LogP) is 5.86. The second-order valence-corrected chi connectivity index (χ2v) is 8.76. The summed E-state index contributed by atoms with van der Waals surface area (Å²) in [5, 5.41) is 4.34. The molecule has 33 heavy (non-hydrogen) atoms. The number of benzene rings is 1. The molecule has 5 heteroatoms. The average molecular weight is 448 g/mol. The van der Waals surface area contributed by atoms with E-state index in [-0.39, 0.29) is 11.9 Å². The fourth-order valence-electron chi connectivity index (χ4n) is 4.34. The number of carbonyl (C=O) groups is 1. The van der Waals surface area contributed by atoms with Crippen molar-refractivity contribution in [2.75, 3.05) is 7.11 Å². The lowest BCUT2D eigenvalue weighted by Gasteiger charge is -2.12. The number of pyridine rings is 1. The van der Waals surface area contributed by atoms with Crippen molar-refractivity contribution in [3.05, 3.63) is 65.6 Å². The minimum absolute atomic E-state index is 0.0498. The fraction of sp³-hybridized carbons (Fsp3) is 0.429. The van der Waals surface area contributed by atoms with E-state index in [9.17, 15) is 4.79 Å². The summed E-state index contributed by atoms with van der Waals surface area (Å²) in [6.45, 7) is 4.28. The van der Waals surface area contributed by atoms with Gasteiger partial charge in [-0.2, -0.15) is 0 Å². The van der Waals surface area contributed by atoms with Crippen LogP contribution in [0.3, 0.4) is 0 Å². The quantitative estimate of drug-likeness (QED) is 0.280. The van der Waals surface area contributed by atoms with Gasteiger partial charge in [-0.15, -0.1) is 0 Å². The van der Waals surface area contributed by atoms with Gasteiger partial charge in [0.05, 0.1) is 12.6 Å². The molecule has 1 atom stereocenters. The highest BCUT2D eigenvalue weighted by molar-refractivity contribution is 5.94. The summed E-state index contributed by atoms with van der Waals surface area (Å²) in [6.07, 6.45) is 14.8. The summed E-state index contributed by atoms with van der Waals surface area (Å²) < 4.78 is 7.60. The number of nitrogens with one attached hydrogen (secondary N) is 1. The van der Waals surface area contributed by atoms with Crippen LogP contribution < -0.4 is 10.1 Å². The number of methoxy groups -OCH3 is 1. The molecule has 1 N–H and O–H groups in total. The van der Waals surface area contributed by atoms with E-state index in [1.807, 2.05) is 24.4 Å². The van der Waals surface area contributed by atoms with Gasteiger partial charge < -0.3 is 14.6 Å². The monoisotopic (exact) mass is 447 g/mol. The van der Waals surface area contributed by atoms with Crippen LogP contribution in [0.25, 0.3) is 17.0 Å². The molecule has 2 heterocycles. The number of fused-ring (bicyclic) bond motifs is 1. The number of nitrogens with zero attached hydrogens (tertiary/aromatic N) is 2. The Morgan fingerprint density at radius 3 is 2.79 bits per heavy atom. The van der Waals surface area contributed by atoms with Crippen LogP contribution in [0.2, 0.25) is 0 Å². The predicted molar refractivity (Wildman–Crippen MR) is 137 cm³/mol. The maximum absolute atomic E-state index is 12.6. The van der Waals surface area contributed by atoms with Crippen molar-refractivity contribution >= 4 is 22.9 Å². The van der Waals surface area contributed by atoms with Crippen LogP contribution in [0.1, 0.15) is 62.8 Å². The highest BCUT2D eigenvalue weighted by Gasteiger charge is 2.14. The Morgan fingerprint density at radius 1 is 1.21 bits per heavy atom. The standard InChI is InChI=1S/C28H37N3O2/c1-5-6-7-13-24-25-15-14-23(33-4)19-27(25)31(3)26(24)16-17-28(32)30-21(2)10-8-11-22-12-9-18-29-20-22/h9,12,14-21H,5-8,10-11,13H2,1-4H3,(H,30,32)/t21-/m1/s1. The van der Waals surface area contributed by atoms with Crippen LogP contribution in [0, 0.1) is 0 Å². The van der Waals surface area contributed by atoms with E-state index >= 15 is 0 Å². The summed E-state index contributed by atoms with van der Waals surface area (Å²) in [6, 6.07) is 10.4. The highest BCUT2D eigenvalue weighted by atomic mass is 16.5. The van der Waals surface area contributed by atoms with Crippen molar-refractivity contribution in [1.82, 2.24) is 14.9 Å². The van der Waals surface area contributed by atoms with E-state index in [0.29, 0.717) is 0 Å². The molecule has 0 aliphatic heterocycles. The molecule has 0 spiro atoms. The Bertz CT molecular complexity index is 1070. The molecule has 0 radical (unpaired) electrons. The van der Waals surface area contributed by atoms with Gasteiger partial charge in [0.2, 0.25) is 5.91 Å². The molecular formula is C28H37N3O2. The molecule has 0 bridgehead atoms. The topological polar surface area (TPSA) is 56.2 Å². The zero-order valence-corrected chi connectivity index (χ0v) is 20.4. The lowest BCUT2D eigenvalue weighted by atomic mass is 10.0. The third-order valence-electron chi connectivity index (χ3n) is 6.20. The highest BCUT2D eigenvalue weighted by Crippen LogP contribution is 2.31. The molecule has 2 aromatic heterocycles. The Kier molecular flexibility index (Phi) is 9.11. The van der Waals surface area contributed by atoms with Crippen molar-refractivity contribution in [2.24, 2.45) is 7.05 Å². The van der Waals surface area contributed by atoms with E-state index in [0.717, 1.165) is 49.1 Å². The molecule has 0 fully saturated rings. The largest absolute Gasteiger partial charge is 0.497 e. The van der Waals surface area contributed by atoms with Crippen LogP contribution in [0.4, 0.5) is 0 Å². The van der Waals surface area contributed by atoms with E-state index in [1.54, 1.807) is 19.4 Å². The van der Waals surface area contributed by atoms with Crippen molar-refractivity contribution in [3.8, 4) is 5.75 Å². The number of rotatable bonds is 12. The van der Waals surface area contributed by atoms with Gasteiger partial charge in [-0.3, -0.25) is 9.78 Å². The third-order valence-corrected chi connectivity index (χ3v) is 6.20. The van der Waals surface area contributed by atoms with Crippen LogP contribution in [0.5, 0.6) is 5.75 Å². The molecule has 3 rings (SSSR count). The van der Waals surface area contributed by atoms with Gasteiger partial charge >= 0.3 is 0 Å². The number of ether oxygens (including phenoxy) is 1. The number of carbonyl (C=O) groups excluding carboxylic acids is 1. The second kappa shape index (κ2) is 12.2. The first-order valence-corrected chi connectivity index (χ1v) is 12.1. The van der Waals surface area contributed by atoms with Gasteiger partial charge in [0.15, 0.2) is 0 Å². The Hall–Kier alpha value is -3.08. The zero-order chi connectivity index (χ0) is 23.6. The van der Waals surface area contributed by atoms with E-state index in [1.165, 1.54) is 29.4 Å². The average Bonchev–Trinajstić information content (AvgIpc) is 3.08. The summed E-state index contributed by atoms with van der Waals surface area (Å²) in [5.74, 6) is 0.794. The van der Waals surface area contributed by atoms with Crippen LogP contribution in [-0.4, -0.2) is 28.6 Å². The van der Waals surface area contributed by atoms with Gasteiger partial charge in [0.25, 0.3) is 0 Å². The second-order valence-electron chi connectivity index (χ2n) is 8.76. The third kappa shape index (κ3) is 6.70. The summed E-state index contributed by atoms with van der Waals surface area (Å²) in [4.78, 5) is 16.8. The number of unbranched alkanes of at least 4 members (excludes halogenated alkanes) is 2. The minimum atomic E-state index is -0.0498. The molecule has 0 saturated heterocycles. The molecule has 0 aliphatic rings. The first-order chi connectivity index (χ1) is 16.0. The molecule has 0 unspecified atom stereocenters. The van der Waals surface area contributed by atoms with Gasteiger partial charge in [-0.05, 0) is 74.4 Å². The normalized spacial score (nSPS) is 12.4. The number of aromatic nitrogens is 2. The molecule has 1 aromatic carbocycles. The molecule has 5 nitrogen and oxygen atoms in total. The van der Waals surface area contributed by atoms with Gasteiger partial charge in [-0.25, -0.2) is 0 Å². The lowest BCUT2D eigenvalue weighted by molar-refractivity contribution is -0.117. The van der Waals surface area contributed by atoms with Crippen LogP contribution in [-0.2, 0) is 24.7 Å². The summed E-state index contributed by atoms with van der Waals surface area (Å²) in [5.41, 5.74) is 4.76. The lowest BCUT2D eigenvalue weighted by Crippen LogP contribution is -2.31. The maximum Gasteiger partial charge on any atom is 0.244 e. The zero-order valence-electron chi connectivity index (χ0n) is 20.4. The summed E-state index contributed by atoms with van der Waals surface area (Å²) in [7, 11) is 3.75. The molecule has 0 aliphatic carbocycles. The van der Waals surface area contributed by atoms with Crippen LogP contribution >= 0.6 is 0 Å².